The van der Waals surface area contributed by atoms with Gasteiger partial charge in [0.15, 0.2) is 5.96 Å². The predicted molar refractivity (Wildman–Crippen MR) is 90.7 cm³/mol. The molecule has 0 fully saturated rings. The molecule has 2 rings (SSSR count). The van der Waals surface area contributed by atoms with Crippen molar-refractivity contribution in [3.8, 4) is 0 Å². The molecule has 0 amide bonds. The van der Waals surface area contributed by atoms with E-state index in [0.717, 1.165) is 24.7 Å². The van der Waals surface area contributed by atoms with Gasteiger partial charge >= 0.3 is 0 Å². The topological polar surface area (TPSA) is 45.5 Å². The highest BCUT2D eigenvalue weighted by molar-refractivity contribution is 5.79. The normalized spacial score (nSPS) is 11.5. The third-order valence-electron chi connectivity index (χ3n) is 3.64. The van der Waals surface area contributed by atoms with Crippen molar-refractivity contribution in [2.75, 3.05) is 13.6 Å². The maximum absolute atomic E-state index is 4.71. The van der Waals surface area contributed by atoms with Crippen LogP contribution >= 0.6 is 0 Å². The van der Waals surface area contributed by atoms with E-state index in [1.54, 1.807) is 0 Å². The van der Waals surface area contributed by atoms with Gasteiger partial charge in [-0.25, -0.2) is 4.99 Å². The van der Waals surface area contributed by atoms with Crippen molar-refractivity contribution in [1.82, 2.24) is 19.8 Å². The van der Waals surface area contributed by atoms with Gasteiger partial charge in [-0.2, -0.15) is 0 Å². The SMILES string of the molecule is CCNC(=NCc1ncccc1C)N(C)Cc1cccn1C. The van der Waals surface area contributed by atoms with Crippen molar-refractivity contribution < 1.29 is 0 Å². The summed E-state index contributed by atoms with van der Waals surface area (Å²) in [4.78, 5) is 11.3. The van der Waals surface area contributed by atoms with Gasteiger partial charge in [0.2, 0.25) is 0 Å². The van der Waals surface area contributed by atoms with Crippen LogP contribution in [0.2, 0.25) is 0 Å². The number of nitrogens with zero attached hydrogens (tertiary/aromatic N) is 4. The first-order chi connectivity index (χ1) is 10.6. The van der Waals surface area contributed by atoms with Crippen molar-refractivity contribution in [3.05, 3.63) is 53.6 Å². The van der Waals surface area contributed by atoms with Gasteiger partial charge in [0.1, 0.15) is 0 Å². The van der Waals surface area contributed by atoms with E-state index >= 15 is 0 Å². The zero-order valence-corrected chi connectivity index (χ0v) is 13.9. The molecule has 0 radical (unpaired) electrons. The Kier molecular flexibility index (Phi) is 5.58. The first-order valence-electron chi connectivity index (χ1n) is 7.62. The molecule has 0 saturated heterocycles. The number of aliphatic imine (C=N–C) groups is 1. The fourth-order valence-electron chi connectivity index (χ4n) is 2.28. The van der Waals surface area contributed by atoms with Crippen LogP contribution in [0.15, 0.2) is 41.7 Å². The number of rotatable bonds is 5. The van der Waals surface area contributed by atoms with Crippen LogP contribution < -0.4 is 5.32 Å². The highest BCUT2D eigenvalue weighted by Crippen LogP contribution is 2.07. The van der Waals surface area contributed by atoms with E-state index in [2.05, 4.69) is 72.1 Å². The van der Waals surface area contributed by atoms with E-state index < -0.39 is 0 Å². The van der Waals surface area contributed by atoms with E-state index in [1.807, 2.05) is 12.3 Å². The molecule has 0 aliphatic heterocycles. The second-order valence-electron chi connectivity index (χ2n) is 5.40. The van der Waals surface area contributed by atoms with Gasteiger partial charge in [-0.1, -0.05) is 6.07 Å². The number of guanidine groups is 1. The summed E-state index contributed by atoms with van der Waals surface area (Å²) in [6.45, 7) is 6.40. The van der Waals surface area contributed by atoms with Gasteiger partial charge in [0.05, 0.1) is 18.8 Å². The van der Waals surface area contributed by atoms with E-state index in [9.17, 15) is 0 Å². The maximum atomic E-state index is 4.71. The average Bonchev–Trinajstić information content (AvgIpc) is 2.90. The summed E-state index contributed by atoms with van der Waals surface area (Å²) in [6.07, 6.45) is 3.88. The van der Waals surface area contributed by atoms with E-state index in [-0.39, 0.29) is 0 Å². The Morgan fingerprint density at radius 1 is 1.36 bits per heavy atom. The van der Waals surface area contributed by atoms with Crippen molar-refractivity contribution >= 4 is 5.96 Å². The predicted octanol–water partition coefficient (Wildman–Crippen LogP) is 2.33. The molecule has 1 N–H and O–H groups in total. The number of pyridine rings is 1. The molecule has 0 aliphatic rings. The monoisotopic (exact) mass is 299 g/mol. The summed E-state index contributed by atoms with van der Waals surface area (Å²) < 4.78 is 2.13. The Bertz CT molecular complexity index is 629. The molecule has 0 unspecified atom stereocenters. The van der Waals surface area contributed by atoms with Crippen LogP contribution in [0, 0.1) is 6.92 Å². The lowest BCUT2D eigenvalue weighted by Crippen LogP contribution is -2.38. The van der Waals surface area contributed by atoms with Crippen molar-refractivity contribution in [1.29, 1.82) is 0 Å². The van der Waals surface area contributed by atoms with Crippen LogP contribution in [0.4, 0.5) is 0 Å². The zero-order chi connectivity index (χ0) is 15.9. The molecule has 0 atom stereocenters. The van der Waals surface area contributed by atoms with Gasteiger partial charge in [-0.05, 0) is 37.6 Å². The highest BCUT2D eigenvalue weighted by Gasteiger charge is 2.08. The molecule has 0 aliphatic carbocycles. The summed E-state index contributed by atoms with van der Waals surface area (Å²) in [6, 6.07) is 8.21. The Morgan fingerprint density at radius 2 is 2.18 bits per heavy atom. The lowest BCUT2D eigenvalue weighted by Gasteiger charge is -2.22. The third-order valence-corrected chi connectivity index (χ3v) is 3.64. The van der Waals surface area contributed by atoms with Crippen LogP contribution in [-0.4, -0.2) is 34.0 Å². The minimum Gasteiger partial charge on any atom is -0.357 e. The molecular formula is C17H25N5. The fourth-order valence-corrected chi connectivity index (χ4v) is 2.28. The minimum atomic E-state index is 0.590. The molecule has 0 spiro atoms. The largest absolute Gasteiger partial charge is 0.357 e. The fraction of sp³-hybridized carbons (Fsp3) is 0.412. The number of hydrogen-bond acceptors (Lipinski definition) is 2. The Labute approximate surface area is 132 Å². The molecule has 0 bridgehead atoms. The third kappa shape index (κ3) is 4.10. The van der Waals surface area contributed by atoms with Gasteiger partial charge in [0, 0.05) is 38.7 Å². The van der Waals surface area contributed by atoms with Crippen LogP contribution in [-0.2, 0) is 20.1 Å². The molecule has 2 aromatic rings. The van der Waals surface area contributed by atoms with Crippen LogP contribution in [0.3, 0.4) is 0 Å². The summed E-state index contributed by atoms with van der Waals surface area (Å²) in [7, 11) is 4.12. The summed E-state index contributed by atoms with van der Waals surface area (Å²) in [5.41, 5.74) is 3.44. The Balaban J connectivity index is 2.09. The molecule has 0 saturated carbocycles. The number of hydrogen-bond donors (Lipinski definition) is 1. The number of nitrogens with one attached hydrogen (secondary N) is 1. The standard InChI is InChI=1S/C17H25N5/c1-5-18-17(20-12-16-14(2)8-6-10-19-16)22(4)13-15-9-7-11-21(15)3/h6-11H,5,12-13H2,1-4H3,(H,18,20). The average molecular weight is 299 g/mol. The molecule has 118 valence electrons. The van der Waals surface area contributed by atoms with Crippen LogP contribution in [0.5, 0.6) is 0 Å². The second-order valence-corrected chi connectivity index (χ2v) is 5.40. The lowest BCUT2D eigenvalue weighted by atomic mass is 10.2. The molecule has 22 heavy (non-hydrogen) atoms. The van der Waals surface area contributed by atoms with Gasteiger partial charge in [-0.15, -0.1) is 0 Å². The zero-order valence-electron chi connectivity index (χ0n) is 13.9. The quantitative estimate of drug-likeness (QED) is 0.681. The van der Waals surface area contributed by atoms with E-state index in [0.29, 0.717) is 6.54 Å². The lowest BCUT2D eigenvalue weighted by molar-refractivity contribution is 0.461. The summed E-state index contributed by atoms with van der Waals surface area (Å²) in [5.74, 6) is 0.897. The van der Waals surface area contributed by atoms with E-state index in [1.165, 1.54) is 11.3 Å². The van der Waals surface area contributed by atoms with E-state index in [4.69, 9.17) is 4.99 Å². The van der Waals surface area contributed by atoms with Gasteiger partial charge in [0.25, 0.3) is 0 Å². The maximum Gasteiger partial charge on any atom is 0.194 e. The van der Waals surface area contributed by atoms with Gasteiger partial charge < -0.3 is 14.8 Å². The minimum absolute atomic E-state index is 0.590. The van der Waals surface area contributed by atoms with Crippen molar-refractivity contribution in [2.45, 2.75) is 26.9 Å². The Morgan fingerprint density at radius 3 is 2.82 bits per heavy atom. The molecule has 2 heterocycles. The highest BCUT2D eigenvalue weighted by atomic mass is 15.3. The summed E-state index contributed by atoms with van der Waals surface area (Å²) >= 11 is 0. The van der Waals surface area contributed by atoms with Crippen molar-refractivity contribution in [2.24, 2.45) is 12.0 Å². The second kappa shape index (κ2) is 7.64. The van der Waals surface area contributed by atoms with Crippen molar-refractivity contribution in [3.63, 3.8) is 0 Å². The molecule has 5 nitrogen and oxygen atoms in total. The van der Waals surface area contributed by atoms with Gasteiger partial charge in [-0.3, -0.25) is 4.98 Å². The molecule has 5 heteroatoms. The first kappa shape index (κ1) is 16.1. The number of aryl methyl sites for hydroxylation is 2. The smallest absolute Gasteiger partial charge is 0.194 e. The molecular weight excluding hydrogens is 274 g/mol. The molecule has 0 aromatic carbocycles. The Hall–Kier alpha value is -2.30. The first-order valence-corrected chi connectivity index (χ1v) is 7.62. The molecule has 2 aromatic heterocycles. The summed E-state index contributed by atoms with van der Waals surface area (Å²) in [5, 5.41) is 3.34. The van der Waals surface area contributed by atoms with Crippen LogP contribution in [0.25, 0.3) is 0 Å². The van der Waals surface area contributed by atoms with Crippen LogP contribution in [0.1, 0.15) is 23.9 Å². The number of aromatic nitrogens is 2.